The lowest BCUT2D eigenvalue weighted by Gasteiger charge is -2.09. The van der Waals surface area contributed by atoms with Gasteiger partial charge in [-0.1, -0.05) is 12.1 Å². The number of ether oxygens (including phenoxy) is 2. The smallest absolute Gasteiger partial charge is 0.185 e. The van der Waals surface area contributed by atoms with Gasteiger partial charge < -0.3 is 9.47 Å². The Hall–Kier alpha value is -2.62. The maximum Gasteiger partial charge on any atom is 0.185 e. The van der Waals surface area contributed by atoms with Gasteiger partial charge in [0.15, 0.2) is 17.3 Å². The van der Waals surface area contributed by atoms with Crippen LogP contribution in [0.5, 0.6) is 11.5 Å². The number of allylic oxidation sites excluding steroid dienone is 1. The van der Waals surface area contributed by atoms with Crippen molar-refractivity contribution in [2.45, 2.75) is 0 Å². The number of rotatable bonds is 5. The zero-order chi connectivity index (χ0) is 15.2. The van der Waals surface area contributed by atoms with E-state index in [9.17, 15) is 9.18 Å². The van der Waals surface area contributed by atoms with Crippen LogP contribution in [0.1, 0.15) is 15.9 Å². The third kappa shape index (κ3) is 3.48. The number of carbonyl (C=O) groups excluding carboxylic acids is 1. The highest BCUT2D eigenvalue weighted by molar-refractivity contribution is 6.06. The van der Waals surface area contributed by atoms with Crippen LogP contribution in [0.2, 0.25) is 0 Å². The summed E-state index contributed by atoms with van der Waals surface area (Å²) in [6.45, 7) is 0. The van der Waals surface area contributed by atoms with Crippen molar-refractivity contribution in [3.63, 3.8) is 0 Å². The molecule has 3 nitrogen and oxygen atoms in total. The second kappa shape index (κ2) is 6.70. The fraction of sp³-hybridized carbons (Fsp3) is 0.118. The highest BCUT2D eigenvalue weighted by atomic mass is 19.1. The van der Waals surface area contributed by atoms with Crippen molar-refractivity contribution in [1.82, 2.24) is 0 Å². The molecular formula is C17H15FO3. The van der Waals surface area contributed by atoms with Crippen LogP contribution in [-0.4, -0.2) is 20.0 Å². The van der Waals surface area contributed by atoms with Gasteiger partial charge in [-0.25, -0.2) is 4.39 Å². The molecule has 0 atom stereocenters. The predicted molar refractivity (Wildman–Crippen MR) is 79.3 cm³/mol. The molecule has 0 radical (unpaired) electrons. The summed E-state index contributed by atoms with van der Waals surface area (Å²) >= 11 is 0. The molecule has 0 aliphatic heterocycles. The van der Waals surface area contributed by atoms with E-state index in [1.807, 2.05) is 12.1 Å². The normalized spacial score (nSPS) is 10.6. The molecule has 0 heterocycles. The summed E-state index contributed by atoms with van der Waals surface area (Å²) in [5.74, 6) is 0.571. The Bertz CT molecular complexity index is 660. The highest BCUT2D eigenvalue weighted by Gasteiger charge is 2.08. The molecular weight excluding hydrogens is 271 g/mol. The summed E-state index contributed by atoms with van der Waals surface area (Å²) in [5, 5.41) is 0. The molecule has 0 aliphatic rings. The molecule has 2 rings (SSSR count). The number of benzene rings is 2. The molecule has 0 aromatic heterocycles. The first kappa shape index (κ1) is 14.8. The molecule has 2 aromatic carbocycles. The number of ketones is 1. The SMILES string of the molecule is COc1cccc(/C=C/C(=O)c2ccc(F)cc2)c1OC. The molecule has 108 valence electrons. The van der Waals surface area contributed by atoms with Gasteiger partial charge in [-0.15, -0.1) is 0 Å². The minimum atomic E-state index is -0.370. The van der Waals surface area contributed by atoms with Crippen LogP contribution in [-0.2, 0) is 0 Å². The molecule has 0 fully saturated rings. The quantitative estimate of drug-likeness (QED) is 0.620. The molecule has 0 aliphatic carbocycles. The summed E-state index contributed by atoms with van der Waals surface area (Å²) in [4.78, 5) is 12.0. The monoisotopic (exact) mass is 286 g/mol. The molecule has 0 amide bonds. The standard InChI is InChI=1S/C17H15FO3/c1-20-16-5-3-4-13(17(16)21-2)8-11-15(19)12-6-9-14(18)10-7-12/h3-11H,1-2H3/b11-8+. The van der Waals surface area contributed by atoms with Gasteiger partial charge in [0.25, 0.3) is 0 Å². The van der Waals surface area contributed by atoms with Gasteiger partial charge in [-0.2, -0.15) is 0 Å². The average Bonchev–Trinajstić information content (AvgIpc) is 2.52. The highest BCUT2D eigenvalue weighted by Crippen LogP contribution is 2.31. The van der Waals surface area contributed by atoms with Gasteiger partial charge >= 0.3 is 0 Å². The van der Waals surface area contributed by atoms with Crippen LogP contribution in [0.3, 0.4) is 0 Å². The van der Waals surface area contributed by atoms with Crippen LogP contribution in [0, 0.1) is 5.82 Å². The zero-order valence-corrected chi connectivity index (χ0v) is 11.8. The molecule has 0 N–H and O–H groups in total. The summed E-state index contributed by atoms with van der Waals surface area (Å²) in [7, 11) is 3.09. The number of carbonyl (C=O) groups is 1. The lowest BCUT2D eigenvalue weighted by Crippen LogP contribution is -1.95. The van der Waals surface area contributed by atoms with E-state index >= 15 is 0 Å². The summed E-state index contributed by atoms with van der Waals surface area (Å²) < 4.78 is 23.3. The van der Waals surface area contributed by atoms with Crippen molar-refractivity contribution in [2.75, 3.05) is 14.2 Å². The fourth-order valence-corrected chi connectivity index (χ4v) is 1.92. The topological polar surface area (TPSA) is 35.5 Å². The van der Waals surface area contributed by atoms with Gasteiger partial charge in [-0.3, -0.25) is 4.79 Å². The maximum absolute atomic E-state index is 12.8. The van der Waals surface area contributed by atoms with Gasteiger partial charge in [0.1, 0.15) is 5.82 Å². The summed E-state index contributed by atoms with van der Waals surface area (Å²) in [5.41, 5.74) is 1.15. The van der Waals surface area contributed by atoms with Crippen LogP contribution < -0.4 is 9.47 Å². The lowest BCUT2D eigenvalue weighted by molar-refractivity contribution is 0.104. The van der Waals surface area contributed by atoms with Crippen molar-refractivity contribution in [3.8, 4) is 11.5 Å². The first-order valence-corrected chi connectivity index (χ1v) is 6.34. The van der Waals surface area contributed by atoms with Gasteiger partial charge in [0, 0.05) is 11.1 Å². The third-order valence-electron chi connectivity index (χ3n) is 2.98. The first-order chi connectivity index (χ1) is 10.2. The van der Waals surface area contributed by atoms with Crippen molar-refractivity contribution in [3.05, 3.63) is 65.5 Å². The summed E-state index contributed by atoms with van der Waals surface area (Å²) in [6, 6.07) is 10.8. The fourth-order valence-electron chi connectivity index (χ4n) is 1.92. The number of halogens is 1. The Morgan fingerprint density at radius 1 is 1.05 bits per heavy atom. The van der Waals surface area contributed by atoms with Crippen LogP contribution in [0.25, 0.3) is 6.08 Å². The average molecular weight is 286 g/mol. The third-order valence-corrected chi connectivity index (χ3v) is 2.98. The second-order valence-electron chi connectivity index (χ2n) is 4.29. The molecule has 0 saturated carbocycles. The molecule has 0 bridgehead atoms. The molecule has 2 aromatic rings. The first-order valence-electron chi connectivity index (χ1n) is 6.34. The summed E-state index contributed by atoms with van der Waals surface area (Å²) in [6.07, 6.45) is 3.07. The van der Waals surface area contributed by atoms with E-state index in [0.717, 1.165) is 5.56 Å². The maximum atomic E-state index is 12.8. The van der Waals surface area contributed by atoms with E-state index in [1.165, 1.54) is 37.5 Å². The number of para-hydroxylation sites is 1. The van der Waals surface area contributed by atoms with E-state index in [2.05, 4.69) is 0 Å². The van der Waals surface area contributed by atoms with Crippen LogP contribution >= 0.6 is 0 Å². The zero-order valence-electron chi connectivity index (χ0n) is 11.8. The van der Waals surface area contributed by atoms with Crippen molar-refractivity contribution < 1.29 is 18.7 Å². The largest absolute Gasteiger partial charge is 0.493 e. The van der Waals surface area contributed by atoms with Gasteiger partial charge in [0.05, 0.1) is 14.2 Å². The molecule has 0 unspecified atom stereocenters. The van der Waals surface area contributed by atoms with Crippen molar-refractivity contribution >= 4 is 11.9 Å². The van der Waals surface area contributed by atoms with Gasteiger partial charge in [0.2, 0.25) is 0 Å². The molecule has 0 saturated heterocycles. The van der Waals surface area contributed by atoms with E-state index in [4.69, 9.17) is 9.47 Å². The Balaban J connectivity index is 2.25. The van der Waals surface area contributed by atoms with Crippen LogP contribution in [0.15, 0.2) is 48.5 Å². The minimum absolute atomic E-state index is 0.208. The van der Waals surface area contributed by atoms with E-state index in [-0.39, 0.29) is 11.6 Å². The number of hydrogen-bond acceptors (Lipinski definition) is 3. The van der Waals surface area contributed by atoms with Crippen molar-refractivity contribution in [2.24, 2.45) is 0 Å². The number of methoxy groups -OCH3 is 2. The Labute approximate surface area is 122 Å². The van der Waals surface area contributed by atoms with E-state index in [0.29, 0.717) is 17.1 Å². The molecule has 4 heteroatoms. The predicted octanol–water partition coefficient (Wildman–Crippen LogP) is 3.74. The van der Waals surface area contributed by atoms with Gasteiger partial charge in [-0.05, 0) is 42.5 Å². The molecule has 0 spiro atoms. The van der Waals surface area contributed by atoms with Crippen molar-refractivity contribution in [1.29, 1.82) is 0 Å². The Kier molecular flexibility index (Phi) is 4.72. The van der Waals surface area contributed by atoms with Crippen LogP contribution in [0.4, 0.5) is 4.39 Å². The second-order valence-corrected chi connectivity index (χ2v) is 4.29. The van der Waals surface area contributed by atoms with E-state index in [1.54, 1.807) is 19.3 Å². The van der Waals surface area contributed by atoms with E-state index < -0.39 is 0 Å². The Morgan fingerprint density at radius 2 is 1.76 bits per heavy atom. The number of hydrogen-bond donors (Lipinski definition) is 0. The molecule has 21 heavy (non-hydrogen) atoms. The minimum Gasteiger partial charge on any atom is -0.493 e. The Morgan fingerprint density at radius 3 is 2.38 bits per heavy atom. The lowest BCUT2D eigenvalue weighted by atomic mass is 10.1.